The van der Waals surface area contributed by atoms with Crippen molar-refractivity contribution >= 4 is 29.0 Å². The molecule has 1 aliphatic heterocycles. The molecule has 6 nitrogen and oxygen atoms in total. The van der Waals surface area contributed by atoms with E-state index < -0.39 is 0 Å². The van der Waals surface area contributed by atoms with Gasteiger partial charge in [-0.25, -0.2) is 9.97 Å². The zero-order valence-electron chi connectivity index (χ0n) is 10.1. The number of anilines is 2. The lowest BCUT2D eigenvalue weighted by Gasteiger charge is -2.38. The number of nitrogens with two attached hydrogens (primary N) is 2. The van der Waals surface area contributed by atoms with Crippen molar-refractivity contribution in [1.29, 1.82) is 0 Å². The number of carbonyl (C=O) groups excluding carboxylic acids is 1. The third-order valence-corrected chi connectivity index (χ3v) is 3.67. The van der Waals surface area contributed by atoms with Crippen LogP contribution >= 0.6 is 11.6 Å². The van der Waals surface area contributed by atoms with E-state index in [9.17, 15) is 4.79 Å². The Bertz CT molecular complexity index is 467. The number of piperidine rings is 1. The zero-order chi connectivity index (χ0) is 13.3. The van der Waals surface area contributed by atoms with Crippen molar-refractivity contribution in [2.45, 2.75) is 25.8 Å². The summed E-state index contributed by atoms with van der Waals surface area (Å²) in [6.45, 7) is 2.58. The summed E-state index contributed by atoms with van der Waals surface area (Å²) in [6, 6.07) is 0.244. The quantitative estimate of drug-likeness (QED) is 0.774. The fourth-order valence-corrected chi connectivity index (χ4v) is 2.36. The first-order valence-corrected chi connectivity index (χ1v) is 6.20. The minimum Gasteiger partial charge on any atom is -0.393 e. The molecule has 4 N–H and O–H groups in total. The van der Waals surface area contributed by atoms with Crippen LogP contribution < -0.4 is 16.4 Å². The van der Waals surface area contributed by atoms with Crippen LogP contribution in [-0.4, -0.2) is 28.5 Å². The molecule has 1 aromatic rings. The van der Waals surface area contributed by atoms with Crippen molar-refractivity contribution < 1.29 is 4.79 Å². The summed E-state index contributed by atoms with van der Waals surface area (Å²) in [5, 5.41) is 0.230. The highest BCUT2D eigenvalue weighted by atomic mass is 35.5. The van der Waals surface area contributed by atoms with Gasteiger partial charge in [-0.3, -0.25) is 4.79 Å². The summed E-state index contributed by atoms with van der Waals surface area (Å²) in [6.07, 6.45) is 3.04. The van der Waals surface area contributed by atoms with Crippen LogP contribution in [0.3, 0.4) is 0 Å². The molecule has 0 aliphatic carbocycles. The van der Waals surface area contributed by atoms with E-state index in [1.54, 1.807) is 0 Å². The van der Waals surface area contributed by atoms with E-state index in [2.05, 4.69) is 16.9 Å². The van der Waals surface area contributed by atoms with Gasteiger partial charge in [-0.05, 0) is 19.8 Å². The number of carbonyl (C=O) groups is 1. The number of aromatic nitrogens is 2. The highest BCUT2D eigenvalue weighted by Crippen LogP contribution is 2.32. The molecule has 1 amide bonds. The van der Waals surface area contributed by atoms with Crippen molar-refractivity contribution in [2.75, 3.05) is 17.2 Å². The maximum Gasteiger partial charge on any atom is 0.222 e. The molecule has 1 saturated heterocycles. The molecule has 1 aromatic heterocycles. The monoisotopic (exact) mass is 269 g/mol. The maximum atomic E-state index is 11.3. The van der Waals surface area contributed by atoms with Crippen LogP contribution in [-0.2, 0) is 4.79 Å². The molecule has 2 atom stereocenters. The lowest BCUT2D eigenvalue weighted by atomic mass is 9.93. The molecule has 7 heteroatoms. The predicted octanol–water partition coefficient (Wildman–Crippen LogP) is 0.802. The fraction of sp³-hybridized carbons (Fsp3) is 0.545. The van der Waals surface area contributed by atoms with E-state index in [1.807, 2.05) is 4.90 Å². The second kappa shape index (κ2) is 4.97. The van der Waals surface area contributed by atoms with E-state index in [0.717, 1.165) is 12.8 Å². The van der Waals surface area contributed by atoms with Crippen LogP contribution in [0.2, 0.25) is 5.15 Å². The molecule has 0 bridgehead atoms. The van der Waals surface area contributed by atoms with Crippen LogP contribution in [0.25, 0.3) is 0 Å². The van der Waals surface area contributed by atoms with Gasteiger partial charge < -0.3 is 16.4 Å². The van der Waals surface area contributed by atoms with Crippen LogP contribution in [0.4, 0.5) is 11.5 Å². The van der Waals surface area contributed by atoms with Crippen molar-refractivity contribution in [1.82, 2.24) is 9.97 Å². The zero-order valence-corrected chi connectivity index (χ0v) is 10.9. The summed E-state index contributed by atoms with van der Waals surface area (Å²) < 4.78 is 0. The summed E-state index contributed by atoms with van der Waals surface area (Å²) in [7, 11) is 0. The van der Waals surface area contributed by atoms with Gasteiger partial charge in [0.25, 0.3) is 0 Å². The molecule has 2 rings (SSSR count). The average molecular weight is 270 g/mol. The van der Waals surface area contributed by atoms with Gasteiger partial charge in [-0.1, -0.05) is 11.6 Å². The van der Waals surface area contributed by atoms with E-state index in [-0.39, 0.29) is 23.0 Å². The first kappa shape index (κ1) is 12.9. The van der Waals surface area contributed by atoms with Crippen LogP contribution in [0.15, 0.2) is 6.33 Å². The van der Waals surface area contributed by atoms with Gasteiger partial charge in [-0.2, -0.15) is 0 Å². The standard InChI is InChI=1S/C11H16ClN5O/c1-6-2-3-7(10(14)18)4-17(6)11-8(13)9(12)15-5-16-11/h5-7H,2-4,13H2,1H3,(H2,14,18). The summed E-state index contributed by atoms with van der Waals surface area (Å²) in [5.74, 6) is 0.119. The Morgan fingerprint density at radius 2 is 2.22 bits per heavy atom. The lowest BCUT2D eigenvalue weighted by molar-refractivity contribution is -0.122. The number of hydrogen-bond donors (Lipinski definition) is 2. The first-order chi connectivity index (χ1) is 8.50. The smallest absolute Gasteiger partial charge is 0.222 e. The van der Waals surface area contributed by atoms with Gasteiger partial charge in [-0.15, -0.1) is 0 Å². The Morgan fingerprint density at radius 3 is 2.89 bits per heavy atom. The van der Waals surface area contributed by atoms with E-state index in [1.165, 1.54) is 6.33 Å². The van der Waals surface area contributed by atoms with Gasteiger partial charge in [0, 0.05) is 12.6 Å². The summed E-state index contributed by atoms with van der Waals surface area (Å²) in [4.78, 5) is 21.3. The molecule has 0 saturated carbocycles. The van der Waals surface area contributed by atoms with Crippen LogP contribution in [0, 0.1) is 5.92 Å². The molecule has 18 heavy (non-hydrogen) atoms. The van der Waals surface area contributed by atoms with Crippen molar-refractivity contribution in [3.05, 3.63) is 11.5 Å². The number of hydrogen-bond acceptors (Lipinski definition) is 5. The fourth-order valence-electron chi connectivity index (χ4n) is 2.23. The molecular weight excluding hydrogens is 254 g/mol. The Morgan fingerprint density at radius 1 is 1.50 bits per heavy atom. The minimum absolute atomic E-state index is 0.172. The minimum atomic E-state index is -0.286. The normalized spacial score (nSPS) is 24.0. The highest BCUT2D eigenvalue weighted by Gasteiger charge is 2.30. The average Bonchev–Trinajstić information content (AvgIpc) is 2.33. The number of primary amides is 1. The second-order valence-corrected chi connectivity index (χ2v) is 4.94. The maximum absolute atomic E-state index is 11.3. The van der Waals surface area contributed by atoms with Crippen LogP contribution in [0.1, 0.15) is 19.8 Å². The third kappa shape index (κ3) is 2.33. The molecule has 1 aliphatic rings. The first-order valence-electron chi connectivity index (χ1n) is 5.82. The summed E-state index contributed by atoms with van der Waals surface area (Å²) in [5.41, 5.74) is 11.6. The Kier molecular flexibility index (Phi) is 3.56. The van der Waals surface area contributed by atoms with E-state index >= 15 is 0 Å². The Labute approximate surface area is 110 Å². The van der Waals surface area contributed by atoms with E-state index in [4.69, 9.17) is 23.1 Å². The van der Waals surface area contributed by atoms with Crippen molar-refractivity contribution in [3.8, 4) is 0 Å². The predicted molar refractivity (Wildman–Crippen MR) is 70.2 cm³/mol. The Balaban J connectivity index is 2.30. The van der Waals surface area contributed by atoms with Crippen LogP contribution in [0.5, 0.6) is 0 Å². The second-order valence-electron chi connectivity index (χ2n) is 4.58. The molecule has 0 radical (unpaired) electrons. The third-order valence-electron chi connectivity index (χ3n) is 3.37. The van der Waals surface area contributed by atoms with Gasteiger partial charge in [0.1, 0.15) is 12.0 Å². The van der Waals surface area contributed by atoms with Crippen molar-refractivity contribution in [2.24, 2.45) is 11.7 Å². The SMILES string of the molecule is CC1CCC(C(N)=O)CN1c1ncnc(Cl)c1N. The number of amides is 1. The molecule has 0 spiro atoms. The largest absolute Gasteiger partial charge is 0.393 e. The topological polar surface area (TPSA) is 98.1 Å². The molecule has 1 fully saturated rings. The van der Waals surface area contributed by atoms with Crippen molar-refractivity contribution in [3.63, 3.8) is 0 Å². The summed E-state index contributed by atoms with van der Waals surface area (Å²) >= 11 is 5.89. The van der Waals surface area contributed by atoms with Gasteiger partial charge in [0.05, 0.1) is 5.92 Å². The Hall–Kier alpha value is -1.56. The molecule has 2 heterocycles. The molecular formula is C11H16ClN5O. The number of rotatable bonds is 2. The van der Waals surface area contributed by atoms with E-state index in [0.29, 0.717) is 18.1 Å². The number of nitrogens with zero attached hydrogens (tertiary/aromatic N) is 3. The lowest BCUT2D eigenvalue weighted by Crippen LogP contribution is -2.46. The molecule has 98 valence electrons. The van der Waals surface area contributed by atoms with Gasteiger partial charge >= 0.3 is 0 Å². The van der Waals surface area contributed by atoms with Gasteiger partial charge in [0.2, 0.25) is 5.91 Å². The molecule has 2 unspecified atom stereocenters. The number of halogens is 1. The number of nitrogen functional groups attached to an aromatic ring is 1. The van der Waals surface area contributed by atoms with Gasteiger partial charge in [0.15, 0.2) is 11.0 Å². The highest BCUT2D eigenvalue weighted by molar-refractivity contribution is 6.32. The molecule has 0 aromatic carbocycles.